The van der Waals surface area contributed by atoms with Crippen LogP contribution in [-0.4, -0.2) is 33.8 Å². The quantitative estimate of drug-likeness (QED) is 0.558. The van der Waals surface area contributed by atoms with Crippen molar-refractivity contribution in [3.05, 3.63) is 76.0 Å². The molecule has 0 radical (unpaired) electrons. The number of nitrogens with zero attached hydrogens (tertiary/aromatic N) is 2. The highest BCUT2D eigenvalue weighted by molar-refractivity contribution is 5.98. The molecule has 3 aromatic rings. The summed E-state index contributed by atoms with van der Waals surface area (Å²) in [5.41, 5.74) is 2.48. The van der Waals surface area contributed by atoms with Crippen LogP contribution in [0.25, 0.3) is 10.9 Å². The number of nitro groups is 1. The second-order valence-electron chi connectivity index (χ2n) is 7.14. The molecule has 27 heavy (non-hydrogen) atoms. The van der Waals surface area contributed by atoms with Crippen LogP contribution in [0.2, 0.25) is 0 Å². The standard InChI is InChI=1S/C21H21N3O3/c25-21(20-13-17-6-7-18(24(26)27)14-19(17)22-20)23-10-8-16(9-11-23)12-15-4-2-1-3-5-15/h1-7,13-14,16,22H,8-12H2. The molecule has 0 atom stereocenters. The zero-order chi connectivity index (χ0) is 18.8. The highest BCUT2D eigenvalue weighted by Crippen LogP contribution is 2.25. The summed E-state index contributed by atoms with van der Waals surface area (Å²) in [4.78, 5) is 28.2. The van der Waals surface area contributed by atoms with Gasteiger partial charge in [0.1, 0.15) is 5.69 Å². The molecule has 2 aromatic carbocycles. The Hall–Kier alpha value is -3.15. The van der Waals surface area contributed by atoms with Crippen LogP contribution in [0.3, 0.4) is 0 Å². The largest absolute Gasteiger partial charge is 0.350 e. The molecule has 1 aromatic heterocycles. The van der Waals surface area contributed by atoms with Crippen molar-refractivity contribution in [3.8, 4) is 0 Å². The number of nitro benzene ring substituents is 1. The normalized spacial score (nSPS) is 15.2. The third kappa shape index (κ3) is 3.69. The molecule has 2 heterocycles. The molecule has 0 saturated carbocycles. The number of hydrogen-bond donors (Lipinski definition) is 1. The van der Waals surface area contributed by atoms with Crippen molar-refractivity contribution in [2.24, 2.45) is 5.92 Å². The van der Waals surface area contributed by atoms with Crippen LogP contribution in [-0.2, 0) is 6.42 Å². The second-order valence-corrected chi connectivity index (χ2v) is 7.14. The molecule has 0 bridgehead atoms. The van der Waals surface area contributed by atoms with E-state index in [9.17, 15) is 14.9 Å². The topological polar surface area (TPSA) is 79.2 Å². The molecule has 1 N–H and O–H groups in total. The van der Waals surface area contributed by atoms with E-state index in [-0.39, 0.29) is 11.6 Å². The number of amides is 1. The number of nitrogens with one attached hydrogen (secondary N) is 1. The van der Waals surface area contributed by atoms with Crippen LogP contribution < -0.4 is 0 Å². The Morgan fingerprint density at radius 1 is 1.11 bits per heavy atom. The fourth-order valence-electron chi connectivity index (χ4n) is 3.80. The Balaban J connectivity index is 1.42. The Morgan fingerprint density at radius 3 is 2.56 bits per heavy atom. The van der Waals surface area contributed by atoms with E-state index in [1.54, 1.807) is 12.1 Å². The van der Waals surface area contributed by atoms with E-state index in [0.29, 0.717) is 17.1 Å². The van der Waals surface area contributed by atoms with Gasteiger partial charge in [0, 0.05) is 30.6 Å². The summed E-state index contributed by atoms with van der Waals surface area (Å²) in [6.07, 6.45) is 3.04. The maximum atomic E-state index is 12.8. The van der Waals surface area contributed by atoms with Gasteiger partial charge in [-0.2, -0.15) is 0 Å². The Kier molecular flexibility index (Phi) is 4.62. The third-order valence-corrected chi connectivity index (χ3v) is 5.32. The van der Waals surface area contributed by atoms with Gasteiger partial charge in [0.25, 0.3) is 11.6 Å². The van der Waals surface area contributed by atoms with Crippen LogP contribution >= 0.6 is 0 Å². The summed E-state index contributed by atoms with van der Waals surface area (Å²) >= 11 is 0. The molecular formula is C21H21N3O3. The lowest BCUT2D eigenvalue weighted by Gasteiger charge is -2.31. The number of H-pyrrole nitrogens is 1. The lowest BCUT2D eigenvalue weighted by molar-refractivity contribution is -0.384. The van der Waals surface area contributed by atoms with Crippen molar-refractivity contribution >= 4 is 22.5 Å². The average Bonchev–Trinajstić information content (AvgIpc) is 3.12. The van der Waals surface area contributed by atoms with Crippen molar-refractivity contribution < 1.29 is 9.72 Å². The lowest BCUT2D eigenvalue weighted by atomic mass is 9.90. The van der Waals surface area contributed by atoms with E-state index in [2.05, 4.69) is 29.2 Å². The van der Waals surface area contributed by atoms with Gasteiger partial charge in [0.05, 0.1) is 10.4 Å². The zero-order valence-electron chi connectivity index (χ0n) is 14.9. The smallest absolute Gasteiger partial charge is 0.271 e. The predicted octanol–water partition coefficient (Wildman–Crippen LogP) is 4.17. The molecule has 1 fully saturated rings. The number of carbonyl (C=O) groups excluding carboxylic acids is 1. The first-order chi connectivity index (χ1) is 13.1. The molecule has 0 unspecified atom stereocenters. The molecule has 6 heteroatoms. The molecule has 6 nitrogen and oxygen atoms in total. The van der Waals surface area contributed by atoms with Gasteiger partial charge in [-0.15, -0.1) is 0 Å². The number of carbonyl (C=O) groups is 1. The first-order valence-electron chi connectivity index (χ1n) is 9.20. The van der Waals surface area contributed by atoms with E-state index in [0.717, 1.165) is 37.7 Å². The van der Waals surface area contributed by atoms with Gasteiger partial charge in [0.2, 0.25) is 0 Å². The number of fused-ring (bicyclic) bond motifs is 1. The molecule has 4 rings (SSSR count). The Labute approximate surface area is 157 Å². The number of hydrogen-bond acceptors (Lipinski definition) is 3. The number of aromatic amines is 1. The van der Waals surface area contributed by atoms with E-state index in [1.165, 1.54) is 17.7 Å². The fourth-order valence-corrected chi connectivity index (χ4v) is 3.80. The molecule has 0 spiro atoms. The van der Waals surface area contributed by atoms with Crippen LogP contribution in [0, 0.1) is 16.0 Å². The van der Waals surface area contributed by atoms with Crippen molar-refractivity contribution in [3.63, 3.8) is 0 Å². The molecule has 1 aliphatic heterocycles. The summed E-state index contributed by atoms with van der Waals surface area (Å²) in [7, 11) is 0. The summed E-state index contributed by atoms with van der Waals surface area (Å²) in [5, 5.41) is 11.7. The van der Waals surface area contributed by atoms with Gasteiger partial charge in [-0.05, 0) is 42.9 Å². The van der Waals surface area contributed by atoms with E-state index < -0.39 is 4.92 Å². The number of benzene rings is 2. The SMILES string of the molecule is O=C(c1cc2ccc([N+](=O)[O-])cc2[nH]1)N1CCC(Cc2ccccc2)CC1. The van der Waals surface area contributed by atoms with E-state index in [1.807, 2.05) is 11.0 Å². The first-order valence-corrected chi connectivity index (χ1v) is 9.20. The minimum atomic E-state index is -0.431. The van der Waals surface area contributed by atoms with Gasteiger partial charge in [-0.25, -0.2) is 0 Å². The number of likely N-dealkylation sites (tertiary alicyclic amines) is 1. The Bertz CT molecular complexity index is 973. The highest BCUT2D eigenvalue weighted by Gasteiger charge is 2.25. The monoisotopic (exact) mass is 363 g/mol. The van der Waals surface area contributed by atoms with Crippen molar-refractivity contribution in [2.45, 2.75) is 19.3 Å². The average molecular weight is 363 g/mol. The highest BCUT2D eigenvalue weighted by atomic mass is 16.6. The molecule has 0 aliphatic carbocycles. The molecule has 138 valence electrons. The van der Waals surface area contributed by atoms with Crippen molar-refractivity contribution in [1.82, 2.24) is 9.88 Å². The fraction of sp³-hybridized carbons (Fsp3) is 0.286. The maximum absolute atomic E-state index is 12.8. The number of aromatic nitrogens is 1. The molecule has 1 saturated heterocycles. The summed E-state index contributed by atoms with van der Waals surface area (Å²) in [5.74, 6) is 0.564. The van der Waals surface area contributed by atoms with Crippen molar-refractivity contribution in [1.29, 1.82) is 0 Å². The number of piperidine rings is 1. The van der Waals surface area contributed by atoms with E-state index >= 15 is 0 Å². The van der Waals surface area contributed by atoms with E-state index in [4.69, 9.17) is 0 Å². The van der Waals surface area contributed by atoms with Crippen molar-refractivity contribution in [2.75, 3.05) is 13.1 Å². The predicted molar refractivity (Wildman–Crippen MR) is 104 cm³/mol. The third-order valence-electron chi connectivity index (χ3n) is 5.32. The van der Waals surface area contributed by atoms with Crippen LogP contribution in [0.1, 0.15) is 28.9 Å². The summed E-state index contributed by atoms with van der Waals surface area (Å²) < 4.78 is 0. The molecule has 1 aliphatic rings. The second kappa shape index (κ2) is 7.23. The summed E-state index contributed by atoms with van der Waals surface area (Å²) in [6.45, 7) is 1.48. The van der Waals surface area contributed by atoms with Gasteiger partial charge < -0.3 is 9.88 Å². The lowest BCUT2D eigenvalue weighted by Crippen LogP contribution is -2.39. The zero-order valence-corrected chi connectivity index (χ0v) is 14.9. The minimum absolute atomic E-state index is 0.0186. The minimum Gasteiger partial charge on any atom is -0.350 e. The van der Waals surface area contributed by atoms with Gasteiger partial charge >= 0.3 is 0 Å². The first kappa shape index (κ1) is 17.3. The number of non-ortho nitro benzene ring substituents is 1. The number of rotatable bonds is 4. The Morgan fingerprint density at radius 2 is 1.85 bits per heavy atom. The van der Waals surface area contributed by atoms with Gasteiger partial charge in [0.15, 0.2) is 0 Å². The van der Waals surface area contributed by atoms with Gasteiger partial charge in [-0.3, -0.25) is 14.9 Å². The maximum Gasteiger partial charge on any atom is 0.271 e. The molecule has 1 amide bonds. The van der Waals surface area contributed by atoms with Crippen LogP contribution in [0.4, 0.5) is 5.69 Å². The van der Waals surface area contributed by atoms with Gasteiger partial charge in [-0.1, -0.05) is 30.3 Å². The van der Waals surface area contributed by atoms with Crippen LogP contribution in [0.15, 0.2) is 54.6 Å². The van der Waals surface area contributed by atoms with Crippen LogP contribution in [0.5, 0.6) is 0 Å². The molecular weight excluding hydrogens is 342 g/mol. The summed E-state index contributed by atoms with van der Waals surface area (Å²) in [6, 6.07) is 16.8.